The van der Waals surface area contributed by atoms with Crippen LogP contribution in [0.3, 0.4) is 0 Å². The van der Waals surface area contributed by atoms with Gasteiger partial charge in [0.2, 0.25) is 0 Å². The zero-order valence-corrected chi connectivity index (χ0v) is 9.75. The molecule has 0 fully saturated rings. The minimum atomic E-state index is -1.07. The second kappa shape index (κ2) is 4.79. The van der Waals surface area contributed by atoms with Gasteiger partial charge in [-0.25, -0.2) is 4.79 Å². The molecule has 18 heavy (non-hydrogen) atoms. The first-order chi connectivity index (χ1) is 8.65. The molecule has 4 nitrogen and oxygen atoms in total. The van der Waals surface area contributed by atoms with Crippen LogP contribution in [0, 0.1) is 0 Å². The molecule has 0 amide bonds. The lowest BCUT2D eigenvalue weighted by molar-refractivity contribution is 0.0693. The predicted octanol–water partition coefficient (Wildman–Crippen LogP) is 2.77. The smallest absolute Gasteiger partial charge is 0.339 e. The number of rotatable bonds is 3. The number of benzene rings is 2. The van der Waals surface area contributed by atoms with E-state index in [1.807, 2.05) is 0 Å². The highest BCUT2D eigenvalue weighted by atomic mass is 16.5. The molecule has 2 aromatic carbocycles. The van der Waals surface area contributed by atoms with E-state index in [1.54, 1.807) is 36.4 Å². The number of hydrogen-bond acceptors (Lipinski definition) is 3. The zero-order chi connectivity index (χ0) is 13.1. The van der Waals surface area contributed by atoms with Crippen LogP contribution in [0.1, 0.15) is 10.4 Å². The number of aromatic hydroxyl groups is 1. The third-order valence-corrected chi connectivity index (χ3v) is 2.64. The predicted molar refractivity (Wildman–Crippen MR) is 67.1 cm³/mol. The average molecular weight is 244 g/mol. The van der Waals surface area contributed by atoms with Crippen molar-refractivity contribution in [2.24, 2.45) is 0 Å². The topological polar surface area (TPSA) is 66.8 Å². The number of methoxy groups -OCH3 is 1. The van der Waals surface area contributed by atoms with Crippen molar-refractivity contribution in [3.63, 3.8) is 0 Å². The summed E-state index contributed by atoms with van der Waals surface area (Å²) in [5.74, 6) is -0.742. The van der Waals surface area contributed by atoms with Gasteiger partial charge < -0.3 is 14.9 Å². The van der Waals surface area contributed by atoms with E-state index in [0.717, 1.165) is 0 Å². The number of aromatic carboxylic acids is 1. The van der Waals surface area contributed by atoms with E-state index in [1.165, 1.54) is 13.2 Å². The molecule has 0 spiro atoms. The molecule has 0 heterocycles. The second-order valence-corrected chi connectivity index (χ2v) is 3.71. The molecule has 4 heteroatoms. The number of carbonyl (C=O) groups is 1. The Hall–Kier alpha value is -2.49. The van der Waals surface area contributed by atoms with E-state index in [9.17, 15) is 9.90 Å². The third-order valence-electron chi connectivity index (χ3n) is 2.64. The number of phenolic OH excluding ortho intramolecular Hbond substituents is 1. The molecule has 0 bridgehead atoms. The van der Waals surface area contributed by atoms with E-state index in [2.05, 4.69) is 0 Å². The quantitative estimate of drug-likeness (QED) is 0.871. The van der Waals surface area contributed by atoms with Crippen LogP contribution in [0.2, 0.25) is 0 Å². The molecule has 0 saturated heterocycles. The molecule has 2 rings (SSSR count). The Morgan fingerprint density at radius 2 is 1.72 bits per heavy atom. The van der Waals surface area contributed by atoms with Crippen molar-refractivity contribution in [3.8, 4) is 22.6 Å². The molecule has 2 N–H and O–H groups in total. The fraction of sp³-hybridized carbons (Fsp3) is 0.0714. The lowest BCUT2D eigenvalue weighted by atomic mass is 10.0. The Morgan fingerprint density at radius 3 is 2.33 bits per heavy atom. The van der Waals surface area contributed by atoms with Crippen molar-refractivity contribution in [2.45, 2.75) is 0 Å². The van der Waals surface area contributed by atoms with E-state index in [-0.39, 0.29) is 17.1 Å². The molecule has 0 aliphatic carbocycles. The molecule has 0 saturated carbocycles. The summed E-state index contributed by atoms with van der Waals surface area (Å²) in [6.45, 7) is 0. The molecule has 0 aliphatic heterocycles. The molecule has 0 aliphatic rings. The maximum Gasteiger partial charge on any atom is 0.339 e. The van der Waals surface area contributed by atoms with Gasteiger partial charge in [0, 0.05) is 11.1 Å². The van der Waals surface area contributed by atoms with Crippen molar-refractivity contribution in [3.05, 3.63) is 48.0 Å². The minimum Gasteiger partial charge on any atom is -0.507 e. The highest BCUT2D eigenvalue weighted by molar-refractivity contribution is 5.94. The minimum absolute atomic E-state index is 0.0678. The van der Waals surface area contributed by atoms with Crippen LogP contribution in [0.25, 0.3) is 11.1 Å². The summed E-state index contributed by atoms with van der Waals surface area (Å²) in [5, 5.41) is 18.9. The molecular weight excluding hydrogens is 232 g/mol. The number of carboxylic acids is 1. The molecule has 0 unspecified atom stereocenters. The van der Waals surface area contributed by atoms with E-state index in [0.29, 0.717) is 11.1 Å². The van der Waals surface area contributed by atoms with E-state index >= 15 is 0 Å². The Labute approximate surface area is 104 Å². The van der Waals surface area contributed by atoms with Gasteiger partial charge in [-0.05, 0) is 12.1 Å². The Balaban J connectivity index is 2.69. The first kappa shape index (κ1) is 12.0. The standard InChI is InChI=1S/C14H12O4/c1-18-13-10(6-4-7-11(13)14(16)17)9-5-2-3-8-12(9)15/h2-8,15H,1H3,(H,16,17). The van der Waals surface area contributed by atoms with Crippen LogP contribution in [0.4, 0.5) is 0 Å². The van der Waals surface area contributed by atoms with Gasteiger partial charge in [-0.2, -0.15) is 0 Å². The summed E-state index contributed by atoms with van der Waals surface area (Å²) in [4.78, 5) is 11.1. The van der Waals surface area contributed by atoms with Gasteiger partial charge in [0.15, 0.2) is 0 Å². The lowest BCUT2D eigenvalue weighted by Gasteiger charge is -2.12. The van der Waals surface area contributed by atoms with Gasteiger partial charge in [0.25, 0.3) is 0 Å². The maximum absolute atomic E-state index is 11.1. The molecule has 0 aromatic heterocycles. The third kappa shape index (κ3) is 2.00. The first-order valence-corrected chi connectivity index (χ1v) is 5.34. The number of phenols is 1. The SMILES string of the molecule is COc1c(C(=O)O)cccc1-c1ccccc1O. The van der Waals surface area contributed by atoms with E-state index < -0.39 is 5.97 Å². The van der Waals surface area contributed by atoms with Crippen molar-refractivity contribution >= 4 is 5.97 Å². The Bertz CT molecular complexity index is 590. The largest absolute Gasteiger partial charge is 0.507 e. The molecule has 92 valence electrons. The first-order valence-electron chi connectivity index (χ1n) is 5.34. The fourth-order valence-electron chi connectivity index (χ4n) is 1.84. The summed E-state index contributed by atoms with van der Waals surface area (Å²) in [6, 6.07) is 11.5. The van der Waals surface area contributed by atoms with Gasteiger partial charge >= 0.3 is 5.97 Å². The lowest BCUT2D eigenvalue weighted by Crippen LogP contribution is -2.01. The van der Waals surface area contributed by atoms with Gasteiger partial charge in [-0.15, -0.1) is 0 Å². The molecule has 0 atom stereocenters. The number of para-hydroxylation sites is 2. The van der Waals surface area contributed by atoms with Crippen LogP contribution in [-0.2, 0) is 0 Å². The van der Waals surface area contributed by atoms with E-state index in [4.69, 9.17) is 9.84 Å². The summed E-state index contributed by atoms with van der Waals surface area (Å²) < 4.78 is 5.16. The molecule has 2 aromatic rings. The Morgan fingerprint density at radius 1 is 1.06 bits per heavy atom. The average Bonchev–Trinajstić information content (AvgIpc) is 2.38. The number of ether oxygens (including phenoxy) is 1. The van der Waals surface area contributed by atoms with Gasteiger partial charge in [-0.1, -0.05) is 30.3 Å². The van der Waals surface area contributed by atoms with Crippen molar-refractivity contribution < 1.29 is 19.7 Å². The van der Waals surface area contributed by atoms with Crippen LogP contribution in [-0.4, -0.2) is 23.3 Å². The summed E-state index contributed by atoms with van der Waals surface area (Å²) >= 11 is 0. The normalized spacial score (nSPS) is 10.1. The van der Waals surface area contributed by atoms with Crippen molar-refractivity contribution in [2.75, 3.05) is 7.11 Å². The van der Waals surface area contributed by atoms with Gasteiger partial charge in [-0.3, -0.25) is 0 Å². The van der Waals surface area contributed by atoms with Crippen LogP contribution in [0.15, 0.2) is 42.5 Å². The van der Waals surface area contributed by atoms with Gasteiger partial charge in [0.1, 0.15) is 17.1 Å². The van der Waals surface area contributed by atoms with Crippen LogP contribution >= 0.6 is 0 Å². The number of hydrogen-bond donors (Lipinski definition) is 2. The molecule has 0 radical (unpaired) electrons. The van der Waals surface area contributed by atoms with Crippen LogP contribution in [0.5, 0.6) is 11.5 Å². The van der Waals surface area contributed by atoms with Crippen LogP contribution < -0.4 is 4.74 Å². The second-order valence-electron chi connectivity index (χ2n) is 3.71. The zero-order valence-electron chi connectivity index (χ0n) is 9.75. The number of carboxylic acid groups (broad SMARTS) is 1. The summed E-state index contributed by atoms with van der Waals surface area (Å²) in [6.07, 6.45) is 0. The molecular formula is C14H12O4. The highest BCUT2D eigenvalue weighted by Crippen LogP contribution is 2.37. The Kier molecular flexibility index (Phi) is 3.19. The summed E-state index contributed by atoms with van der Waals surface area (Å²) in [7, 11) is 1.41. The highest BCUT2D eigenvalue weighted by Gasteiger charge is 2.17. The van der Waals surface area contributed by atoms with Crippen molar-refractivity contribution in [1.29, 1.82) is 0 Å². The maximum atomic E-state index is 11.1. The fourth-order valence-corrected chi connectivity index (χ4v) is 1.84. The van der Waals surface area contributed by atoms with Crippen molar-refractivity contribution in [1.82, 2.24) is 0 Å². The summed E-state index contributed by atoms with van der Waals surface area (Å²) in [5.41, 5.74) is 1.16. The monoisotopic (exact) mass is 244 g/mol. The van der Waals surface area contributed by atoms with Gasteiger partial charge in [0.05, 0.1) is 7.11 Å².